The molecule has 2 aromatic carbocycles. The second-order valence-electron chi connectivity index (χ2n) is 12.3. The number of sulfonamides is 1. The Balaban J connectivity index is 1.60. The van der Waals surface area contributed by atoms with Crippen LogP contribution in [0.3, 0.4) is 0 Å². The highest BCUT2D eigenvalue weighted by molar-refractivity contribution is 7.90. The molecule has 2 aromatic rings. The van der Waals surface area contributed by atoms with Crippen molar-refractivity contribution in [3.63, 3.8) is 0 Å². The third-order valence-electron chi connectivity index (χ3n) is 9.32. The Kier molecular flexibility index (Phi) is 10.6. The molecule has 2 bridgehead atoms. The van der Waals surface area contributed by atoms with E-state index in [1.54, 1.807) is 51.3 Å². The van der Waals surface area contributed by atoms with Gasteiger partial charge in [-0.2, -0.15) is 0 Å². The Morgan fingerprint density at radius 3 is 2.67 bits per heavy atom. The zero-order valence-electron chi connectivity index (χ0n) is 26.3. The van der Waals surface area contributed by atoms with Crippen molar-refractivity contribution in [3.8, 4) is 11.5 Å². The monoisotopic (exact) mass is 663 g/mol. The minimum Gasteiger partial charge on any atom is -0.493 e. The van der Waals surface area contributed by atoms with E-state index in [2.05, 4.69) is 14.5 Å². The standard InChI is InChI=1S/C33H43ClFN3O6S/c1-21-8-12-28(35)32(22(2)42-4)38-15-5-7-27(38)19-37-14-6-16-43-31-18-26(34)11-9-25(31)20-44-30-13-10-24(17-29(30)37)33(39)36-45(40,41)23(21)3/h9-13,17-18,21-23,27,32H,5-8,14-16,19-20H2,1-4H3,(H,36,39)/b28-12-/t21-,22+,23+,27-,32-/m0/s1. The number of benzene rings is 2. The summed E-state index contributed by atoms with van der Waals surface area (Å²) in [6.45, 7) is 7.55. The Bertz CT molecular complexity index is 1520. The lowest BCUT2D eigenvalue weighted by Crippen LogP contribution is -2.50. The molecule has 3 heterocycles. The molecule has 5 atom stereocenters. The van der Waals surface area contributed by atoms with Crippen LogP contribution >= 0.6 is 11.6 Å². The third kappa shape index (κ3) is 7.59. The van der Waals surface area contributed by atoms with E-state index in [9.17, 15) is 13.2 Å². The molecule has 1 saturated heterocycles. The van der Waals surface area contributed by atoms with E-state index in [0.29, 0.717) is 54.9 Å². The van der Waals surface area contributed by atoms with Crippen molar-refractivity contribution in [1.82, 2.24) is 9.62 Å². The van der Waals surface area contributed by atoms with Crippen molar-refractivity contribution >= 4 is 33.2 Å². The van der Waals surface area contributed by atoms with Gasteiger partial charge < -0.3 is 19.1 Å². The summed E-state index contributed by atoms with van der Waals surface area (Å²) in [6.07, 6.45) is 3.66. The van der Waals surface area contributed by atoms with Gasteiger partial charge in [-0.25, -0.2) is 17.5 Å². The van der Waals surface area contributed by atoms with Gasteiger partial charge in [0.2, 0.25) is 10.0 Å². The summed E-state index contributed by atoms with van der Waals surface area (Å²) in [4.78, 5) is 17.7. The number of nitrogens with one attached hydrogen (secondary N) is 1. The zero-order valence-corrected chi connectivity index (χ0v) is 27.9. The molecule has 3 aliphatic rings. The lowest BCUT2D eigenvalue weighted by Gasteiger charge is -2.38. The smallest absolute Gasteiger partial charge is 0.264 e. The van der Waals surface area contributed by atoms with Gasteiger partial charge in [0.1, 0.15) is 23.9 Å². The SMILES string of the molecule is CO[C@H](C)[C@H]1/C(F)=C/C[C@H](C)[C@@H](C)S(=O)(=O)NC(=O)c2ccc3c(c2)N(CCCOc2cc(Cl)ccc2CO3)C[C@@H]2CCCN21. The van der Waals surface area contributed by atoms with Gasteiger partial charge in [-0.05, 0) is 82.3 Å². The van der Waals surface area contributed by atoms with Gasteiger partial charge in [-0.1, -0.05) is 30.7 Å². The topological polar surface area (TPSA) is 97.4 Å². The fraction of sp³-hybridized carbons (Fsp3) is 0.545. The number of ether oxygens (including phenoxy) is 3. The number of hydrogen-bond donors (Lipinski definition) is 1. The summed E-state index contributed by atoms with van der Waals surface area (Å²) >= 11 is 6.25. The first-order valence-electron chi connectivity index (χ1n) is 15.6. The predicted octanol–water partition coefficient (Wildman–Crippen LogP) is 5.72. The number of amides is 1. The van der Waals surface area contributed by atoms with Crippen LogP contribution in [-0.2, 0) is 21.4 Å². The summed E-state index contributed by atoms with van der Waals surface area (Å²) in [7, 11) is -2.48. The Morgan fingerprint density at radius 1 is 1.09 bits per heavy atom. The highest BCUT2D eigenvalue weighted by atomic mass is 35.5. The summed E-state index contributed by atoms with van der Waals surface area (Å²) < 4.78 is 63.1. The van der Waals surface area contributed by atoms with E-state index >= 15 is 4.39 Å². The van der Waals surface area contributed by atoms with Gasteiger partial charge in [0.15, 0.2) is 0 Å². The molecule has 1 fully saturated rings. The lowest BCUT2D eigenvalue weighted by atomic mass is 10.0. The van der Waals surface area contributed by atoms with Crippen LogP contribution in [0.4, 0.5) is 10.1 Å². The van der Waals surface area contributed by atoms with Crippen LogP contribution in [0.1, 0.15) is 62.4 Å². The number of methoxy groups -OCH3 is 1. The molecule has 0 spiro atoms. The molecule has 0 saturated carbocycles. The molecule has 0 radical (unpaired) electrons. The third-order valence-corrected chi connectivity index (χ3v) is 11.5. The number of allylic oxidation sites excluding steroid dienone is 1. The second kappa shape index (κ2) is 14.3. The number of anilines is 1. The first-order chi connectivity index (χ1) is 21.5. The maximum Gasteiger partial charge on any atom is 0.264 e. The fourth-order valence-electron chi connectivity index (χ4n) is 6.37. The van der Waals surface area contributed by atoms with Crippen molar-refractivity contribution < 1.29 is 31.8 Å². The zero-order chi connectivity index (χ0) is 32.3. The number of nitrogens with zero attached hydrogens (tertiary/aromatic N) is 2. The van der Waals surface area contributed by atoms with E-state index in [0.717, 1.165) is 18.4 Å². The van der Waals surface area contributed by atoms with Gasteiger partial charge in [0.05, 0.1) is 29.7 Å². The maximum atomic E-state index is 16.1. The normalized spacial score (nSPS) is 28.2. The molecule has 1 N–H and O–H groups in total. The molecular weight excluding hydrogens is 621 g/mol. The summed E-state index contributed by atoms with van der Waals surface area (Å²) in [5, 5.41) is -0.378. The van der Waals surface area contributed by atoms with Gasteiger partial charge in [0.25, 0.3) is 5.91 Å². The molecule has 1 amide bonds. The van der Waals surface area contributed by atoms with Crippen LogP contribution in [0.25, 0.3) is 0 Å². The van der Waals surface area contributed by atoms with Crippen LogP contribution in [0.15, 0.2) is 48.3 Å². The quantitative estimate of drug-likeness (QED) is 0.436. The number of carbonyl (C=O) groups is 1. The minimum absolute atomic E-state index is 0.0104. The second-order valence-corrected chi connectivity index (χ2v) is 14.7. The highest BCUT2D eigenvalue weighted by Crippen LogP contribution is 2.36. The van der Waals surface area contributed by atoms with Crippen LogP contribution < -0.4 is 19.1 Å². The average molecular weight is 664 g/mol. The van der Waals surface area contributed by atoms with E-state index in [4.69, 9.17) is 25.8 Å². The first kappa shape index (κ1) is 33.5. The van der Waals surface area contributed by atoms with Gasteiger partial charge in [-0.15, -0.1) is 0 Å². The van der Waals surface area contributed by atoms with Crippen molar-refractivity contribution in [2.45, 2.75) is 76.5 Å². The summed E-state index contributed by atoms with van der Waals surface area (Å²) in [5.41, 5.74) is 1.69. The summed E-state index contributed by atoms with van der Waals surface area (Å²) in [5.74, 6) is -0.319. The van der Waals surface area contributed by atoms with Crippen LogP contribution in [0, 0.1) is 5.92 Å². The number of carbonyl (C=O) groups excluding carboxylic acids is 1. The van der Waals surface area contributed by atoms with Crippen molar-refractivity contribution in [2.24, 2.45) is 5.92 Å². The molecule has 3 aliphatic heterocycles. The van der Waals surface area contributed by atoms with Gasteiger partial charge in [0, 0.05) is 42.4 Å². The lowest BCUT2D eigenvalue weighted by molar-refractivity contribution is 0.0271. The molecule has 12 heteroatoms. The maximum absolute atomic E-state index is 16.1. The van der Waals surface area contributed by atoms with Crippen LogP contribution in [-0.4, -0.2) is 76.0 Å². The number of fused-ring (bicyclic) bond motifs is 3. The van der Waals surface area contributed by atoms with Crippen LogP contribution in [0.2, 0.25) is 5.02 Å². The number of halogens is 2. The molecule has 0 aliphatic carbocycles. The predicted molar refractivity (Wildman–Crippen MR) is 173 cm³/mol. The number of rotatable bonds is 2. The molecule has 45 heavy (non-hydrogen) atoms. The van der Waals surface area contributed by atoms with Crippen LogP contribution in [0.5, 0.6) is 11.5 Å². The molecule has 0 unspecified atom stereocenters. The molecule has 0 aromatic heterocycles. The fourth-order valence-corrected chi connectivity index (χ4v) is 7.81. The van der Waals surface area contributed by atoms with Gasteiger partial charge in [-0.3, -0.25) is 9.69 Å². The Hall–Kier alpha value is -2.86. The Labute approximate surface area is 270 Å². The minimum atomic E-state index is -4.06. The van der Waals surface area contributed by atoms with Crippen molar-refractivity contribution in [3.05, 3.63) is 64.5 Å². The molecule has 5 rings (SSSR count). The van der Waals surface area contributed by atoms with E-state index < -0.39 is 39.2 Å². The molecule has 246 valence electrons. The molecule has 9 nitrogen and oxygen atoms in total. The Morgan fingerprint density at radius 2 is 1.89 bits per heavy atom. The van der Waals surface area contributed by atoms with Crippen molar-refractivity contribution in [1.29, 1.82) is 0 Å². The average Bonchev–Trinajstić information content (AvgIpc) is 3.45. The first-order valence-corrected chi connectivity index (χ1v) is 17.5. The highest BCUT2D eigenvalue weighted by Gasteiger charge is 2.38. The largest absolute Gasteiger partial charge is 0.493 e. The van der Waals surface area contributed by atoms with E-state index in [1.165, 1.54) is 6.08 Å². The van der Waals surface area contributed by atoms with Gasteiger partial charge >= 0.3 is 0 Å². The van der Waals surface area contributed by atoms with Crippen molar-refractivity contribution in [2.75, 3.05) is 38.3 Å². The number of hydrogen-bond acceptors (Lipinski definition) is 8. The van der Waals surface area contributed by atoms with E-state index in [-0.39, 0.29) is 30.5 Å². The molecular formula is C33H43ClFN3O6S. The van der Waals surface area contributed by atoms with E-state index in [1.807, 2.05) is 13.0 Å². The summed E-state index contributed by atoms with van der Waals surface area (Å²) in [6, 6.07) is 9.76.